The van der Waals surface area contributed by atoms with Gasteiger partial charge in [0.25, 0.3) is 0 Å². The molecule has 0 unspecified atom stereocenters. The van der Waals surface area contributed by atoms with E-state index < -0.39 is 0 Å². The van der Waals surface area contributed by atoms with Crippen LogP contribution in [-0.2, 0) is 25.5 Å². The second kappa shape index (κ2) is 8.34. The van der Waals surface area contributed by atoms with Crippen LogP contribution in [-0.4, -0.2) is 48.9 Å². The van der Waals surface area contributed by atoms with Crippen LogP contribution < -0.4 is 4.90 Å². The summed E-state index contributed by atoms with van der Waals surface area (Å²) >= 11 is 0. The lowest BCUT2D eigenvalue weighted by Gasteiger charge is -2.33. The average molecular weight is 358 g/mol. The van der Waals surface area contributed by atoms with Crippen molar-refractivity contribution < 1.29 is 19.1 Å². The fourth-order valence-corrected chi connectivity index (χ4v) is 3.72. The van der Waals surface area contributed by atoms with Crippen molar-refractivity contribution in [3.05, 3.63) is 29.8 Å². The number of hydrogen-bond acceptors (Lipinski definition) is 4. The van der Waals surface area contributed by atoms with E-state index >= 15 is 0 Å². The van der Waals surface area contributed by atoms with Crippen molar-refractivity contribution in [1.29, 1.82) is 0 Å². The van der Waals surface area contributed by atoms with Gasteiger partial charge < -0.3 is 14.5 Å². The Morgan fingerprint density at radius 3 is 2.62 bits per heavy atom. The number of para-hydroxylation sites is 1. The van der Waals surface area contributed by atoms with Gasteiger partial charge in [0.15, 0.2) is 0 Å². The first-order valence-electron chi connectivity index (χ1n) is 9.42. The van der Waals surface area contributed by atoms with Crippen LogP contribution in [0.25, 0.3) is 0 Å². The number of esters is 1. The second-order valence-electron chi connectivity index (χ2n) is 6.87. The van der Waals surface area contributed by atoms with E-state index in [1.54, 1.807) is 16.7 Å². The molecule has 0 spiro atoms. The summed E-state index contributed by atoms with van der Waals surface area (Å²) in [5.41, 5.74) is 1.97. The number of carbonyl (C=O) groups excluding carboxylic acids is 3. The highest BCUT2D eigenvalue weighted by molar-refractivity contribution is 5.99. The molecule has 0 atom stereocenters. The predicted molar refractivity (Wildman–Crippen MR) is 97.7 cm³/mol. The second-order valence-corrected chi connectivity index (χ2v) is 6.87. The van der Waals surface area contributed by atoms with Crippen molar-refractivity contribution in [1.82, 2.24) is 4.90 Å². The number of aryl methyl sites for hydroxylation is 1. The Balaban J connectivity index is 1.63. The molecule has 26 heavy (non-hydrogen) atoms. The van der Waals surface area contributed by atoms with Crippen molar-refractivity contribution in [2.45, 2.75) is 39.0 Å². The Labute approximate surface area is 154 Å². The summed E-state index contributed by atoms with van der Waals surface area (Å²) in [7, 11) is 0. The van der Waals surface area contributed by atoms with Crippen molar-refractivity contribution in [3.63, 3.8) is 0 Å². The monoisotopic (exact) mass is 358 g/mol. The fourth-order valence-electron chi connectivity index (χ4n) is 3.72. The van der Waals surface area contributed by atoms with Crippen LogP contribution in [0.1, 0.15) is 38.2 Å². The molecule has 0 aromatic heterocycles. The number of fused-ring (bicyclic) bond motifs is 1. The normalized spacial score (nSPS) is 18.3. The van der Waals surface area contributed by atoms with Gasteiger partial charge in [-0.15, -0.1) is 0 Å². The van der Waals surface area contributed by atoms with Crippen molar-refractivity contribution >= 4 is 23.5 Å². The van der Waals surface area contributed by atoms with Gasteiger partial charge in [-0.05, 0) is 44.2 Å². The van der Waals surface area contributed by atoms with E-state index in [2.05, 4.69) is 0 Å². The molecule has 0 aliphatic carbocycles. The summed E-state index contributed by atoms with van der Waals surface area (Å²) in [6.07, 6.45) is 3.38. The van der Waals surface area contributed by atoms with Gasteiger partial charge in [-0.1, -0.05) is 18.2 Å². The molecule has 1 saturated heterocycles. The first kappa shape index (κ1) is 18.4. The Kier molecular flexibility index (Phi) is 5.91. The van der Waals surface area contributed by atoms with Gasteiger partial charge in [-0.2, -0.15) is 0 Å². The maximum atomic E-state index is 12.8. The number of rotatable bonds is 4. The SMILES string of the molecule is CCOC(=O)C1CCN(C(=O)CN2C(=O)CCCc3ccccc32)CC1. The first-order valence-corrected chi connectivity index (χ1v) is 9.42. The van der Waals surface area contributed by atoms with Gasteiger partial charge in [0.1, 0.15) is 6.54 Å². The highest BCUT2D eigenvalue weighted by Gasteiger charge is 2.30. The third-order valence-corrected chi connectivity index (χ3v) is 5.18. The largest absolute Gasteiger partial charge is 0.466 e. The summed E-state index contributed by atoms with van der Waals surface area (Å²) in [6.45, 7) is 3.32. The topological polar surface area (TPSA) is 66.9 Å². The zero-order valence-corrected chi connectivity index (χ0v) is 15.3. The molecule has 6 heteroatoms. The van der Waals surface area contributed by atoms with Gasteiger partial charge in [0, 0.05) is 25.2 Å². The van der Waals surface area contributed by atoms with E-state index in [0.29, 0.717) is 39.0 Å². The van der Waals surface area contributed by atoms with Crippen molar-refractivity contribution in [2.75, 3.05) is 31.1 Å². The lowest BCUT2D eigenvalue weighted by Crippen LogP contribution is -2.46. The maximum absolute atomic E-state index is 12.8. The van der Waals surface area contributed by atoms with E-state index in [0.717, 1.165) is 24.1 Å². The number of ether oxygens (including phenoxy) is 1. The highest BCUT2D eigenvalue weighted by Crippen LogP contribution is 2.27. The van der Waals surface area contributed by atoms with E-state index in [4.69, 9.17) is 4.74 Å². The average Bonchev–Trinajstić information content (AvgIpc) is 2.81. The minimum atomic E-state index is -0.170. The first-order chi connectivity index (χ1) is 12.6. The number of piperidine rings is 1. The lowest BCUT2D eigenvalue weighted by atomic mass is 9.97. The predicted octanol–water partition coefficient (Wildman–Crippen LogP) is 2.16. The Bertz CT molecular complexity index is 680. The molecule has 1 fully saturated rings. The van der Waals surface area contributed by atoms with E-state index in [1.165, 1.54) is 0 Å². The van der Waals surface area contributed by atoms with Gasteiger partial charge in [0.05, 0.1) is 12.5 Å². The van der Waals surface area contributed by atoms with Crippen LogP contribution in [0.2, 0.25) is 0 Å². The highest BCUT2D eigenvalue weighted by atomic mass is 16.5. The molecular weight excluding hydrogens is 332 g/mol. The number of carbonyl (C=O) groups is 3. The van der Waals surface area contributed by atoms with Crippen LogP contribution in [0.15, 0.2) is 24.3 Å². The molecule has 0 bridgehead atoms. The molecule has 2 aliphatic heterocycles. The molecule has 1 aromatic carbocycles. The molecule has 0 radical (unpaired) electrons. The summed E-state index contributed by atoms with van der Waals surface area (Å²) < 4.78 is 5.07. The molecule has 6 nitrogen and oxygen atoms in total. The standard InChI is InChI=1S/C20H26N2O4/c1-2-26-20(25)16-10-12-21(13-11-16)19(24)14-22-17-8-4-3-6-15(17)7-5-9-18(22)23/h3-4,6,8,16H,2,5,7,9-14H2,1H3. The Hall–Kier alpha value is -2.37. The third kappa shape index (κ3) is 4.06. The van der Waals surface area contributed by atoms with Crippen molar-refractivity contribution in [3.8, 4) is 0 Å². The summed E-state index contributed by atoms with van der Waals surface area (Å²) in [6, 6.07) is 7.81. The number of likely N-dealkylation sites (tertiary alicyclic amines) is 1. The molecule has 0 saturated carbocycles. The van der Waals surface area contributed by atoms with Crippen LogP contribution in [0.5, 0.6) is 0 Å². The summed E-state index contributed by atoms with van der Waals surface area (Å²) in [5.74, 6) is -0.349. The number of hydrogen-bond donors (Lipinski definition) is 0. The van der Waals surface area contributed by atoms with Crippen LogP contribution in [0, 0.1) is 5.92 Å². The van der Waals surface area contributed by atoms with Crippen LogP contribution in [0.4, 0.5) is 5.69 Å². The number of anilines is 1. The fraction of sp³-hybridized carbons (Fsp3) is 0.550. The Morgan fingerprint density at radius 2 is 1.88 bits per heavy atom. The van der Waals surface area contributed by atoms with Gasteiger partial charge in [-0.3, -0.25) is 14.4 Å². The van der Waals surface area contributed by atoms with Gasteiger partial charge in [0.2, 0.25) is 11.8 Å². The molecule has 0 N–H and O–H groups in total. The van der Waals surface area contributed by atoms with Crippen molar-refractivity contribution in [2.24, 2.45) is 5.92 Å². The number of benzene rings is 1. The molecule has 2 amide bonds. The Morgan fingerprint density at radius 1 is 1.15 bits per heavy atom. The smallest absolute Gasteiger partial charge is 0.309 e. The van der Waals surface area contributed by atoms with E-state index in [-0.39, 0.29) is 30.2 Å². The molecule has 2 aliphatic rings. The molecule has 140 valence electrons. The molecule has 3 rings (SSSR count). The zero-order valence-electron chi connectivity index (χ0n) is 15.3. The van der Waals surface area contributed by atoms with Crippen LogP contribution >= 0.6 is 0 Å². The quantitative estimate of drug-likeness (QED) is 0.774. The number of amides is 2. The van der Waals surface area contributed by atoms with Gasteiger partial charge >= 0.3 is 5.97 Å². The van der Waals surface area contributed by atoms with E-state index in [9.17, 15) is 14.4 Å². The molecular formula is C20H26N2O4. The summed E-state index contributed by atoms with van der Waals surface area (Å²) in [5, 5.41) is 0. The van der Waals surface area contributed by atoms with Gasteiger partial charge in [-0.25, -0.2) is 0 Å². The molecule has 1 aromatic rings. The lowest BCUT2D eigenvalue weighted by molar-refractivity contribution is -0.151. The minimum absolute atomic E-state index is 0.00436. The number of nitrogens with zero attached hydrogens (tertiary/aromatic N) is 2. The van der Waals surface area contributed by atoms with E-state index in [1.807, 2.05) is 24.3 Å². The van der Waals surface area contributed by atoms with Crippen LogP contribution in [0.3, 0.4) is 0 Å². The maximum Gasteiger partial charge on any atom is 0.309 e. The third-order valence-electron chi connectivity index (χ3n) is 5.18. The molecule has 2 heterocycles. The zero-order chi connectivity index (χ0) is 18.5. The minimum Gasteiger partial charge on any atom is -0.466 e. The summed E-state index contributed by atoms with van der Waals surface area (Å²) in [4.78, 5) is 40.5.